The maximum atomic E-state index is 12.1. The predicted molar refractivity (Wildman–Crippen MR) is 79.0 cm³/mol. The van der Waals surface area contributed by atoms with E-state index in [0.717, 1.165) is 24.6 Å². The van der Waals surface area contributed by atoms with Crippen molar-refractivity contribution < 1.29 is 17.9 Å². The molecule has 0 unspecified atom stereocenters. The van der Waals surface area contributed by atoms with Crippen LogP contribution in [0.25, 0.3) is 0 Å². The first-order valence-electron chi connectivity index (χ1n) is 7.22. The van der Waals surface area contributed by atoms with Gasteiger partial charge in [0.2, 0.25) is 0 Å². The molecule has 2 rings (SSSR count). The minimum atomic E-state index is -4.32. The molecule has 122 valence electrons. The van der Waals surface area contributed by atoms with Gasteiger partial charge in [-0.15, -0.1) is 0 Å². The van der Waals surface area contributed by atoms with Crippen molar-refractivity contribution in [2.45, 2.75) is 25.6 Å². The molecule has 1 heterocycles. The molecule has 1 N–H and O–H groups in total. The highest BCUT2D eigenvalue weighted by molar-refractivity contribution is 5.80. The Bertz CT molecular complexity index is 494. The average molecular weight is 315 g/mol. The summed E-state index contributed by atoms with van der Waals surface area (Å²) < 4.78 is 40.9. The molecule has 0 aliphatic carbocycles. The molecule has 1 aromatic rings. The van der Waals surface area contributed by atoms with E-state index < -0.39 is 12.8 Å². The van der Waals surface area contributed by atoms with Crippen molar-refractivity contribution in [1.29, 1.82) is 0 Å². The number of alkyl halides is 3. The maximum absolute atomic E-state index is 12.1. The number of benzene rings is 1. The van der Waals surface area contributed by atoms with Crippen molar-refractivity contribution in [3.8, 4) is 5.75 Å². The van der Waals surface area contributed by atoms with E-state index in [1.165, 1.54) is 12.8 Å². The van der Waals surface area contributed by atoms with Gasteiger partial charge in [0.15, 0.2) is 12.6 Å². The van der Waals surface area contributed by atoms with Crippen LogP contribution in [0, 0.1) is 0 Å². The second kappa shape index (κ2) is 7.38. The highest BCUT2D eigenvalue weighted by atomic mass is 19.4. The van der Waals surface area contributed by atoms with Crippen molar-refractivity contribution >= 4 is 5.96 Å². The zero-order valence-corrected chi connectivity index (χ0v) is 12.5. The first-order chi connectivity index (χ1) is 10.5. The van der Waals surface area contributed by atoms with Crippen molar-refractivity contribution in [2.24, 2.45) is 4.99 Å². The number of hydrogen-bond acceptors (Lipinski definition) is 2. The molecule has 1 aromatic carbocycles. The Kier molecular flexibility index (Phi) is 5.51. The van der Waals surface area contributed by atoms with Crippen LogP contribution in [0.1, 0.15) is 18.4 Å². The SMILES string of the molecule is CN=C(NCc1ccc(OCC(F)(F)F)cc1)N1CCCC1. The van der Waals surface area contributed by atoms with Gasteiger partial charge < -0.3 is 15.0 Å². The zero-order valence-electron chi connectivity index (χ0n) is 12.5. The van der Waals surface area contributed by atoms with Crippen molar-refractivity contribution in [3.63, 3.8) is 0 Å². The monoisotopic (exact) mass is 315 g/mol. The standard InChI is InChI=1S/C15H20F3N3O/c1-19-14(21-8-2-3-9-21)20-10-12-4-6-13(7-5-12)22-11-15(16,17)18/h4-7H,2-3,8-11H2,1H3,(H,19,20). The Hall–Kier alpha value is -1.92. The lowest BCUT2D eigenvalue weighted by Crippen LogP contribution is -2.39. The molecule has 0 aromatic heterocycles. The van der Waals surface area contributed by atoms with Gasteiger partial charge in [0.25, 0.3) is 0 Å². The van der Waals surface area contributed by atoms with Gasteiger partial charge in [-0.05, 0) is 30.5 Å². The predicted octanol–water partition coefficient (Wildman–Crippen LogP) is 2.80. The number of aliphatic imine (C=N–C) groups is 1. The number of nitrogens with zero attached hydrogens (tertiary/aromatic N) is 2. The number of halogens is 3. The molecule has 0 radical (unpaired) electrons. The Morgan fingerprint density at radius 1 is 1.23 bits per heavy atom. The molecule has 0 bridgehead atoms. The van der Waals surface area contributed by atoms with Crippen LogP contribution in [-0.4, -0.2) is 43.8 Å². The lowest BCUT2D eigenvalue weighted by atomic mass is 10.2. The molecule has 1 fully saturated rings. The minimum absolute atomic E-state index is 0.213. The molecule has 0 saturated carbocycles. The lowest BCUT2D eigenvalue weighted by molar-refractivity contribution is -0.153. The van der Waals surface area contributed by atoms with Gasteiger partial charge in [-0.1, -0.05) is 12.1 Å². The van der Waals surface area contributed by atoms with Crippen molar-refractivity contribution in [2.75, 3.05) is 26.7 Å². The van der Waals surface area contributed by atoms with E-state index in [9.17, 15) is 13.2 Å². The summed E-state index contributed by atoms with van der Waals surface area (Å²) in [5.41, 5.74) is 0.958. The number of ether oxygens (including phenoxy) is 1. The quantitative estimate of drug-likeness (QED) is 0.686. The van der Waals surface area contributed by atoms with E-state index in [1.807, 2.05) is 0 Å². The number of nitrogens with one attached hydrogen (secondary N) is 1. The summed E-state index contributed by atoms with van der Waals surface area (Å²) in [6.45, 7) is 1.31. The van der Waals surface area contributed by atoms with Gasteiger partial charge in [-0.3, -0.25) is 4.99 Å². The molecule has 1 aliphatic rings. The van der Waals surface area contributed by atoms with Gasteiger partial charge in [0.05, 0.1) is 0 Å². The van der Waals surface area contributed by atoms with Crippen LogP contribution in [0.3, 0.4) is 0 Å². The second-order valence-electron chi connectivity index (χ2n) is 5.14. The van der Waals surface area contributed by atoms with Gasteiger partial charge in [-0.25, -0.2) is 0 Å². The Morgan fingerprint density at radius 3 is 2.41 bits per heavy atom. The van der Waals surface area contributed by atoms with Crippen LogP contribution in [0.5, 0.6) is 5.75 Å². The summed E-state index contributed by atoms with van der Waals surface area (Å²) in [6, 6.07) is 6.58. The van der Waals surface area contributed by atoms with E-state index in [1.54, 1.807) is 31.3 Å². The minimum Gasteiger partial charge on any atom is -0.484 e. The Balaban J connectivity index is 1.83. The number of likely N-dealkylation sites (tertiary alicyclic amines) is 1. The van der Waals surface area contributed by atoms with Crippen LogP contribution in [0.2, 0.25) is 0 Å². The third-order valence-corrected chi connectivity index (χ3v) is 3.39. The van der Waals surface area contributed by atoms with Crippen molar-refractivity contribution in [1.82, 2.24) is 10.2 Å². The van der Waals surface area contributed by atoms with Gasteiger partial charge in [0.1, 0.15) is 5.75 Å². The molecule has 4 nitrogen and oxygen atoms in total. The number of guanidine groups is 1. The van der Waals surface area contributed by atoms with Crippen molar-refractivity contribution in [3.05, 3.63) is 29.8 Å². The molecular weight excluding hydrogens is 295 g/mol. The van der Waals surface area contributed by atoms with Gasteiger partial charge >= 0.3 is 6.18 Å². The number of hydrogen-bond donors (Lipinski definition) is 1. The molecule has 0 atom stereocenters. The summed E-state index contributed by atoms with van der Waals surface area (Å²) in [7, 11) is 1.74. The summed E-state index contributed by atoms with van der Waals surface area (Å²) in [5, 5.41) is 3.26. The Labute approximate surface area is 128 Å². The third-order valence-electron chi connectivity index (χ3n) is 3.39. The van der Waals surface area contributed by atoms with Gasteiger partial charge in [0, 0.05) is 26.7 Å². The molecular formula is C15H20F3N3O. The second-order valence-corrected chi connectivity index (χ2v) is 5.14. The fraction of sp³-hybridized carbons (Fsp3) is 0.533. The Morgan fingerprint density at radius 2 is 1.86 bits per heavy atom. The van der Waals surface area contributed by atoms with E-state index in [-0.39, 0.29) is 5.75 Å². The molecule has 1 aliphatic heterocycles. The highest BCUT2D eigenvalue weighted by Gasteiger charge is 2.28. The van der Waals surface area contributed by atoms with Crippen LogP contribution >= 0.6 is 0 Å². The normalized spacial score (nSPS) is 16.0. The molecule has 0 amide bonds. The topological polar surface area (TPSA) is 36.9 Å². The van der Waals surface area contributed by atoms with Crippen LogP contribution in [0.15, 0.2) is 29.3 Å². The third kappa shape index (κ3) is 5.13. The fourth-order valence-corrected chi connectivity index (χ4v) is 2.31. The van der Waals surface area contributed by atoms with E-state index in [2.05, 4.69) is 19.9 Å². The first kappa shape index (κ1) is 16.5. The van der Waals surface area contributed by atoms with E-state index in [0.29, 0.717) is 6.54 Å². The van der Waals surface area contributed by atoms with Gasteiger partial charge in [-0.2, -0.15) is 13.2 Å². The van der Waals surface area contributed by atoms with Crippen LogP contribution < -0.4 is 10.1 Å². The van der Waals surface area contributed by atoms with E-state index in [4.69, 9.17) is 0 Å². The maximum Gasteiger partial charge on any atom is 0.422 e. The fourth-order valence-electron chi connectivity index (χ4n) is 2.31. The highest BCUT2D eigenvalue weighted by Crippen LogP contribution is 2.18. The smallest absolute Gasteiger partial charge is 0.422 e. The molecule has 7 heteroatoms. The summed E-state index contributed by atoms with van der Waals surface area (Å²) in [6.07, 6.45) is -1.97. The average Bonchev–Trinajstić information content (AvgIpc) is 3.00. The molecule has 0 spiro atoms. The largest absolute Gasteiger partial charge is 0.484 e. The van der Waals surface area contributed by atoms with Crippen LogP contribution in [-0.2, 0) is 6.54 Å². The lowest BCUT2D eigenvalue weighted by Gasteiger charge is -2.20. The number of rotatable bonds is 4. The zero-order chi connectivity index (χ0) is 16.0. The first-order valence-corrected chi connectivity index (χ1v) is 7.22. The summed E-state index contributed by atoms with van der Waals surface area (Å²) in [5.74, 6) is 1.07. The molecule has 22 heavy (non-hydrogen) atoms. The molecule has 1 saturated heterocycles. The summed E-state index contributed by atoms with van der Waals surface area (Å²) in [4.78, 5) is 6.44. The summed E-state index contributed by atoms with van der Waals surface area (Å²) >= 11 is 0. The van der Waals surface area contributed by atoms with E-state index >= 15 is 0 Å². The van der Waals surface area contributed by atoms with Crippen LogP contribution in [0.4, 0.5) is 13.2 Å².